The summed E-state index contributed by atoms with van der Waals surface area (Å²) >= 11 is 5.86. The first-order chi connectivity index (χ1) is 18.2. The predicted octanol–water partition coefficient (Wildman–Crippen LogP) is -7.11. The van der Waals surface area contributed by atoms with Crippen LogP contribution in [0.1, 0.15) is 6.92 Å². The number of ketones is 1. The van der Waals surface area contributed by atoms with Crippen LogP contribution in [0, 0.1) is 0 Å². The van der Waals surface area contributed by atoms with E-state index in [-0.39, 0.29) is 0 Å². The lowest BCUT2D eigenvalue weighted by molar-refractivity contribution is -0.355. The highest BCUT2D eigenvalue weighted by molar-refractivity contribution is 6.32. The third-order valence-electron chi connectivity index (χ3n) is 7.25. The smallest absolute Gasteiger partial charge is 0.187 e. The number of Topliss-reactive ketones (excluding diaryl/α,β-unsaturated/α-hetero) is 1. The minimum atomic E-state index is -2.43. The number of carbonyl (C=O) groups is 1. The van der Waals surface area contributed by atoms with Crippen LogP contribution in [-0.2, 0) is 28.5 Å². The Hall–Kier alpha value is -0.680. The minimum Gasteiger partial charge on any atom is -0.394 e. The van der Waals surface area contributed by atoms with Crippen molar-refractivity contribution in [2.24, 2.45) is 17.2 Å². The van der Waals surface area contributed by atoms with Crippen LogP contribution in [0.2, 0.25) is 0 Å². The Morgan fingerprint density at radius 3 is 1.85 bits per heavy atom. The van der Waals surface area contributed by atoms with Crippen molar-refractivity contribution in [3.05, 3.63) is 0 Å². The third kappa shape index (κ3) is 6.11. The largest absolute Gasteiger partial charge is 0.394 e. The molecule has 0 saturated carbocycles. The van der Waals surface area contributed by atoms with Gasteiger partial charge in [0.15, 0.2) is 30.3 Å². The molecule has 0 amide bonds. The van der Waals surface area contributed by atoms with Crippen LogP contribution in [0.15, 0.2) is 0 Å². The molecule has 0 radical (unpaired) electrons. The summed E-state index contributed by atoms with van der Waals surface area (Å²) < 4.78 is 27.7. The molecule has 3 aliphatic heterocycles. The molecule has 18 heteroatoms. The topological polar surface area (TPSA) is 303 Å². The highest BCUT2D eigenvalue weighted by Crippen LogP contribution is 2.35. The van der Waals surface area contributed by atoms with E-state index in [9.17, 15) is 45.6 Å². The zero-order chi connectivity index (χ0) is 29.4. The highest BCUT2D eigenvalue weighted by Gasteiger charge is 2.59. The average Bonchev–Trinajstić information content (AvgIpc) is 2.92. The van der Waals surface area contributed by atoms with Crippen molar-refractivity contribution in [3.8, 4) is 0 Å². The SMILES string of the molecule is CC(Cl)C(=O)[C@]1(CO)O[C@H](OC2[C@@H](CO)O[C@@H](OC3[C@@H](CO)O[C@@H](O)[C@H](N)[C@H]3O)[C@H](N)[C@H]2O)[C@H](N)[C@@H](O)[C@@H]1O. The number of nitrogens with two attached hydrogens (primary N) is 3. The lowest BCUT2D eigenvalue weighted by Crippen LogP contribution is -2.73. The summed E-state index contributed by atoms with van der Waals surface area (Å²) in [4.78, 5) is 12.7. The first-order valence-corrected chi connectivity index (χ1v) is 12.7. The number of halogens is 1. The van der Waals surface area contributed by atoms with Crippen molar-refractivity contribution in [2.75, 3.05) is 19.8 Å². The van der Waals surface area contributed by atoms with Crippen molar-refractivity contribution < 1.29 is 69.3 Å². The molecule has 16 atom stereocenters. The summed E-state index contributed by atoms with van der Waals surface area (Å²) in [6.07, 6.45) is -17.5. The van der Waals surface area contributed by atoms with E-state index < -0.39 is 122 Å². The van der Waals surface area contributed by atoms with Gasteiger partial charge >= 0.3 is 0 Å². The van der Waals surface area contributed by atoms with Crippen LogP contribution >= 0.6 is 11.6 Å². The summed E-state index contributed by atoms with van der Waals surface area (Å²) in [6, 6.07) is -4.26. The molecule has 0 aliphatic carbocycles. The number of aliphatic hydroxyl groups excluding tert-OH is 8. The van der Waals surface area contributed by atoms with E-state index in [1.807, 2.05) is 0 Å². The monoisotopic (exact) mass is 591 g/mol. The fourth-order valence-electron chi connectivity index (χ4n) is 4.83. The molecule has 0 aromatic carbocycles. The number of aliphatic hydroxyl groups is 8. The second kappa shape index (κ2) is 13.1. The van der Waals surface area contributed by atoms with Gasteiger partial charge in [-0.15, -0.1) is 11.6 Å². The van der Waals surface area contributed by atoms with Gasteiger partial charge in [0.05, 0.1) is 43.3 Å². The van der Waals surface area contributed by atoms with Crippen molar-refractivity contribution in [1.82, 2.24) is 0 Å². The average molecular weight is 592 g/mol. The zero-order valence-corrected chi connectivity index (χ0v) is 21.7. The maximum Gasteiger partial charge on any atom is 0.187 e. The Bertz CT molecular complexity index is 829. The molecule has 3 fully saturated rings. The summed E-state index contributed by atoms with van der Waals surface area (Å²) in [7, 11) is 0. The quantitative estimate of drug-likeness (QED) is 0.111. The number of rotatable bonds is 9. The molecular weight excluding hydrogens is 554 g/mol. The van der Waals surface area contributed by atoms with Crippen molar-refractivity contribution in [1.29, 1.82) is 0 Å². The van der Waals surface area contributed by atoms with Gasteiger partial charge in [0.25, 0.3) is 0 Å². The van der Waals surface area contributed by atoms with Crippen LogP contribution in [0.25, 0.3) is 0 Å². The number of hydrogen-bond donors (Lipinski definition) is 11. The Labute approximate surface area is 227 Å². The standard InChI is InChI=1S/C21H38ClN3O14/c1-5(22)16(32)21(4-28)17(33)13(31)10(25)20(39-21)38-15-7(3-27)36-19(9(24)12(15)30)37-14-6(2-26)35-18(34)8(23)11(14)29/h5-15,17-20,26-31,33-34H,2-4,23-25H2,1H3/t5?,6-,7-,8-,9-,10-,11-,12-,13-,14?,15?,17+,18-,19+,20+,21+/m1/s1. The van der Waals surface area contributed by atoms with Gasteiger partial charge in [-0.25, -0.2) is 0 Å². The third-order valence-corrected chi connectivity index (χ3v) is 7.45. The van der Waals surface area contributed by atoms with Gasteiger partial charge in [0.2, 0.25) is 0 Å². The first-order valence-electron chi connectivity index (χ1n) is 12.2. The number of carbonyl (C=O) groups excluding carboxylic acids is 1. The summed E-state index contributed by atoms with van der Waals surface area (Å²) in [5, 5.41) is 80.5. The van der Waals surface area contributed by atoms with Gasteiger partial charge in [-0.3, -0.25) is 4.79 Å². The van der Waals surface area contributed by atoms with Crippen LogP contribution in [-0.4, -0.2) is 163 Å². The van der Waals surface area contributed by atoms with Crippen LogP contribution in [0.4, 0.5) is 0 Å². The van der Waals surface area contributed by atoms with E-state index in [0.717, 1.165) is 0 Å². The normalized spacial score (nSPS) is 50.0. The number of alkyl halides is 1. The van der Waals surface area contributed by atoms with Gasteiger partial charge in [0, 0.05) is 0 Å². The van der Waals surface area contributed by atoms with Crippen LogP contribution < -0.4 is 17.2 Å². The summed E-state index contributed by atoms with van der Waals surface area (Å²) in [6.45, 7) is -1.33. The predicted molar refractivity (Wildman–Crippen MR) is 126 cm³/mol. The summed E-state index contributed by atoms with van der Waals surface area (Å²) in [5.74, 6) is -0.974. The fourth-order valence-corrected chi connectivity index (χ4v) is 5.01. The van der Waals surface area contributed by atoms with Gasteiger partial charge < -0.3 is 81.7 Å². The molecule has 3 rings (SSSR count). The van der Waals surface area contributed by atoms with E-state index in [4.69, 9.17) is 52.5 Å². The molecule has 0 aromatic rings. The Morgan fingerprint density at radius 1 is 0.846 bits per heavy atom. The summed E-state index contributed by atoms with van der Waals surface area (Å²) in [5.41, 5.74) is 15.3. The molecule has 0 bridgehead atoms. The molecule has 0 spiro atoms. The van der Waals surface area contributed by atoms with E-state index in [1.165, 1.54) is 6.92 Å². The molecule has 228 valence electrons. The van der Waals surface area contributed by atoms with Gasteiger partial charge in [-0.05, 0) is 6.92 Å². The zero-order valence-electron chi connectivity index (χ0n) is 20.9. The molecule has 3 heterocycles. The molecule has 39 heavy (non-hydrogen) atoms. The van der Waals surface area contributed by atoms with E-state index >= 15 is 0 Å². The van der Waals surface area contributed by atoms with Crippen molar-refractivity contribution >= 4 is 17.4 Å². The number of ether oxygens (including phenoxy) is 5. The van der Waals surface area contributed by atoms with Crippen molar-refractivity contribution in [3.63, 3.8) is 0 Å². The second-order valence-electron chi connectivity index (χ2n) is 9.84. The lowest BCUT2D eigenvalue weighted by Gasteiger charge is -2.50. The van der Waals surface area contributed by atoms with E-state index in [0.29, 0.717) is 0 Å². The Kier molecular flexibility index (Phi) is 11.0. The van der Waals surface area contributed by atoms with E-state index in [2.05, 4.69) is 0 Å². The Morgan fingerprint density at radius 2 is 1.33 bits per heavy atom. The molecule has 3 aliphatic rings. The van der Waals surface area contributed by atoms with Gasteiger partial charge in [-0.2, -0.15) is 0 Å². The maximum absolute atomic E-state index is 12.7. The molecule has 3 saturated heterocycles. The molecule has 0 aromatic heterocycles. The molecule has 14 N–H and O–H groups in total. The van der Waals surface area contributed by atoms with E-state index in [1.54, 1.807) is 0 Å². The number of hydrogen-bond acceptors (Lipinski definition) is 17. The Balaban J connectivity index is 1.80. The second-order valence-corrected chi connectivity index (χ2v) is 10.5. The van der Waals surface area contributed by atoms with Gasteiger partial charge in [0.1, 0.15) is 48.8 Å². The molecule has 17 nitrogen and oxygen atoms in total. The van der Waals surface area contributed by atoms with Crippen LogP contribution in [0.5, 0.6) is 0 Å². The first kappa shape index (κ1) is 32.8. The maximum atomic E-state index is 12.7. The lowest BCUT2D eigenvalue weighted by atomic mass is 9.82. The molecule has 3 unspecified atom stereocenters. The van der Waals surface area contributed by atoms with Crippen molar-refractivity contribution in [2.45, 2.75) is 104 Å². The molecular formula is C21H38ClN3O14. The van der Waals surface area contributed by atoms with Gasteiger partial charge in [-0.1, -0.05) is 0 Å². The highest BCUT2D eigenvalue weighted by atomic mass is 35.5. The fraction of sp³-hybridized carbons (Fsp3) is 0.952. The minimum absolute atomic E-state index is 0.692. The van der Waals surface area contributed by atoms with Crippen LogP contribution in [0.3, 0.4) is 0 Å².